The minimum Gasteiger partial charge on any atom is -0.494 e. The van der Waals surface area contributed by atoms with Crippen molar-refractivity contribution >= 4 is 5.88 Å². The molecule has 1 atom stereocenters. The molecule has 0 bridgehead atoms. The van der Waals surface area contributed by atoms with E-state index in [1.165, 1.54) is 6.07 Å². The fourth-order valence-corrected chi connectivity index (χ4v) is 2.11. The van der Waals surface area contributed by atoms with Crippen molar-refractivity contribution in [3.8, 4) is 5.75 Å². The SMILES string of the molecule is CCNC(c1ccc(OCC)cc1)c1ccc([N+](=O)[O-])o1. The Hall–Kier alpha value is -2.34. The summed E-state index contributed by atoms with van der Waals surface area (Å²) in [5.41, 5.74) is 0.963. The predicted molar refractivity (Wildman–Crippen MR) is 78.5 cm³/mol. The van der Waals surface area contributed by atoms with E-state index >= 15 is 0 Å². The molecule has 6 heteroatoms. The minimum absolute atomic E-state index is 0.223. The number of rotatable bonds is 7. The second-order valence-corrected chi connectivity index (χ2v) is 4.43. The molecule has 6 nitrogen and oxygen atoms in total. The lowest BCUT2D eigenvalue weighted by Gasteiger charge is -2.16. The lowest BCUT2D eigenvalue weighted by molar-refractivity contribution is -0.402. The summed E-state index contributed by atoms with van der Waals surface area (Å²) in [6, 6.07) is 10.4. The van der Waals surface area contributed by atoms with Gasteiger partial charge in [-0.3, -0.25) is 10.1 Å². The molecule has 0 saturated carbocycles. The first-order valence-corrected chi connectivity index (χ1v) is 6.86. The predicted octanol–water partition coefficient (Wildman–Crippen LogP) is 3.29. The van der Waals surface area contributed by atoms with Gasteiger partial charge in [-0.15, -0.1) is 0 Å². The molecule has 0 amide bonds. The highest BCUT2D eigenvalue weighted by Crippen LogP contribution is 2.28. The first-order chi connectivity index (χ1) is 10.2. The number of benzene rings is 1. The molecule has 1 N–H and O–H groups in total. The van der Waals surface area contributed by atoms with Crippen LogP contribution in [0.2, 0.25) is 0 Å². The molecule has 21 heavy (non-hydrogen) atoms. The topological polar surface area (TPSA) is 77.5 Å². The second kappa shape index (κ2) is 6.90. The van der Waals surface area contributed by atoms with E-state index in [1.54, 1.807) is 6.07 Å². The van der Waals surface area contributed by atoms with E-state index in [4.69, 9.17) is 9.15 Å². The van der Waals surface area contributed by atoms with Gasteiger partial charge in [0, 0.05) is 0 Å². The van der Waals surface area contributed by atoms with Crippen molar-refractivity contribution in [1.29, 1.82) is 0 Å². The summed E-state index contributed by atoms with van der Waals surface area (Å²) in [4.78, 5) is 10.2. The first kappa shape index (κ1) is 15.1. The molecule has 0 aliphatic heterocycles. The van der Waals surface area contributed by atoms with E-state index in [0.29, 0.717) is 18.9 Å². The van der Waals surface area contributed by atoms with Gasteiger partial charge in [0.25, 0.3) is 0 Å². The fraction of sp³-hybridized carbons (Fsp3) is 0.333. The van der Waals surface area contributed by atoms with Crippen molar-refractivity contribution in [3.63, 3.8) is 0 Å². The van der Waals surface area contributed by atoms with Crippen LogP contribution in [0.25, 0.3) is 0 Å². The summed E-state index contributed by atoms with van der Waals surface area (Å²) < 4.78 is 10.7. The maximum atomic E-state index is 10.7. The van der Waals surface area contributed by atoms with E-state index in [9.17, 15) is 10.1 Å². The summed E-state index contributed by atoms with van der Waals surface area (Å²) in [6.45, 7) is 5.23. The Kier molecular flexibility index (Phi) is 4.94. The average Bonchev–Trinajstić information content (AvgIpc) is 2.96. The molecule has 2 aromatic rings. The smallest absolute Gasteiger partial charge is 0.433 e. The van der Waals surface area contributed by atoms with Crippen LogP contribution in [0, 0.1) is 10.1 Å². The second-order valence-electron chi connectivity index (χ2n) is 4.43. The number of nitrogens with zero attached hydrogens (tertiary/aromatic N) is 1. The maximum Gasteiger partial charge on any atom is 0.433 e. The molecule has 2 rings (SSSR count). The summed E-state index contributed by atoms with van der Waals surface area (Å²) >= 11 is 0. The molecular weight excluding hydrogens is 272 g/mol. The van der Waals surface area contributed by atoms with Crippen LogP contribution in [0.5, 0.6) is 5.75 Å². The van der Waals surface area contributed by atoms with Gasteiger partial charge in [0.15, 0.2) is 0 Å². The van der Waals surface area contributed by atoms with Crippen LogP contribution in [0.3, 0.4) is 0 Å². The van der Waals surface area contributed by atoms with Crippen molar-refractivity contribution in [3.05, 3.63) is 57.8 Å². The van der Waals surface area contributed by atoms with Gasteiger partial charge in [0.05, 0.1) is 18.7 Å². The Morgan fingerprint density at radius 1 is 1.24 bits per heavy atom. The Bertz CT molecular complexity index is 592. The van der Waals surface area contributed by atoms with Crippen LogP contribution in [0.4, 0.5) is 5.88 Å². The van der Waals surface area contributed by atoms with Crippen LogP contribution < -0.4 is 10.1 Å². The van der Waals surface area contributed by atoms with Gasteiger partial charge in [-0.05, 0) is 37.2 Å². The quantitative estimate of drug-likeness (QED) is 0.625. The molecular formula is C15H18N2O4. The van der Waals surface area contributed by atoms with Gasteiger partial charge in [0.2, 0.25) is 0 Å². The van der Waals surface area contributed by atoms with Crippen LogP contribution in [-0.4, -0.2) is 18.1 Å². The highest BCUT2D eigenvalue weighted by atomic mass is 16.6. The molecule has 0 saturated heterocycles. The highest BCUT2D eigenvalue weighted by Gasteiger charge is 2.20. The molecule has 1 aromatic heterocycles. The van der Waals surface area contributed by atoms with Crippen LogP contribution in [-0.2, 0) is 0 Å². The van der Waals surface area contributed by atoms with Crippen LogP contribution >= 0.6 is 0 Å². The molecule has 0 spiro atoms. The van der Waals surface area contributed by atoms with Crippen LogP contribution in [0.15, 0.2) is 40.8 Å². The van der Waals surface area contributed by atoms with Gasteiger partial charge in [-0.25, -0.2) is 0 Å². The third-order valence-electron chi connectivity index (χ3n) is 3.01. The minimum atomic E-state index is -0.537. The van der Waals surface area contributed by atoms with Gasteiger partial charge >= 0.3 is 5.88 Å². The monoisotopic (exact) mass is 290 g/mol. The number of nitro groups is 1. The average molecular weight is 290 g/mol. The Labute approximate surface area is 122 Å². The molecule has 0 fully saturated rings. The number of hydrogen-bond donors (Lipinski definition) is 1. The van der Waals surface area contributed by atoms with Crippen molar-refractivity contribution < 1.29 is 14.1 Å². The Morgan fingerprint density at radius 3 is 2.48 bits per heavy atom. The van der Waals surface area contributed by atoms with Gasteiger partial charge in [0.1, 0.15) is 16.4 Å². The molecule has 1 aromatic carbocycles. The number of hydrogen-bond acceptors (Lipinski definition) is 5. The van der Waals surface area contributed by atoms with Crippen molar-refractivity contribution in [2.45, 2.75) is 19.9 Å². The standard InChI is InChI=1S/C15H18N2O4/c1-3-16-15(13-9-10-14(21-13)17(18)19)11-5-7-12(8-6-11)20-4-2/h5-10,15-16H,3-4H2,1-2H3. The largest absolute Gasteiger partial charge is 0.494 e. The van der Waals surface area contributed by atoms with E-state index in [2.05, 4.69) is 5.32 Å². The Balaban J connectivity index is 2.26. The lowest BCUT2D eigenvalue weighted by atomic mass is 10.0. The summed E-state index contributed by atoms with van der Waals surface area (Å²) in [6.07, 6.45) is 0. The van der Waals surface area contributed by atoms with Crippen molar-refractivity contribution in [1.82, 2.24) is 5.32 Å². The van der Waals surface area contributed by atoms with Crippen molar-refractivity contribution in [2.24, 2.45) is 0 Å². The number of ether oxygens (including phenoxy) is 1. The van der Waals surface area contributed by atoms with Gasteiger partial charge in [-0.1, -0.05) is 19.1 Å². The molecule has 0 radical (unpaired) electrons. The lowest BCUT2D eigenvalue weighted by Crippen LogP contribution is -2.21. The third-order valence-corrected chi connectivity index (χ3v) is 3.01. The van der Waals surface area contributed by atoms with Crippen LogP contribution in [0.1, 0.15) is 31.2 Å². The zero-order chi connectivity index (χ0) is 15.2. The van der Waals surface area contributed by atoms with E-state index < -0.39 is 4.92 Å². The Morgan fingerprint density at radius 2 is 1.95 bits per heavy atom. The molecule has 112 valence electrons. The van der Waals surface area contributed by atoms with Gasteiger partial charge < -0.3 is 14.5 Å². The fourth-order valence-electron chi connectivity index (χ4n) is 2.11. The molecule has 1 unspecified atom stereocenters. The zero-order valence-corrected chi connectivity index (χ0v) is 12.0. The summed E-state index contributed by atoms with van der Waals surface area (Å²) in [5, 5.41) is 14.0. The summed E-state index contributed by atoms with van der Waals surface area (Å²) in [7, 11) is 0. The van der Waals surface area contributed by atoms with E-state index in [1.807, 2.05) is 38.1 Å². The number of nitrogens with one attached hydrogen (secondary N) is 1. The molecule has 0 aliphatic carbocycles. The molecule has 1 heterocycles. The van der Waals surface area contributed by atoms with Gasteiger partial charge in [-0.2, -0.15) is 0 Å². The normalized spacial score (nSPS) is 12.1. The number of furan rings is 1. The maximum absolute atomic E-state index is 10.7. The highest BCUT2D eigenvalue weighted by molar-refractivity contribution is 5.34. The zero-order valence-electron chi connectivity index (χ0n) is 12.0. The third kappa shape index (κ3) is 3.61. The first-order valence-electron chi connectivity index (χ1n) is 6.86. The molecule has 0 aliphatic rings. The van der Waals surface area contributed by atoms with E-state index in [0.717, 1.165) is 11.3 Å². The summed E-state index contributed by atoms with van der Waals surface area (Å²) in [5.74, 6) is 1.06. The van der Waals surface area contributed by atoms with Crippen molar-refractivity contribution in [2.75, 3.05) is 13.2 Å². The van der Waals surface area contributed by atoms with E-state index in [-0.39, 0.29) is 11.9 Å².